The molecule has 0 saturated heterocycles. The average Bonchev–Trinajstić information content (AvgIpc) is 3.38. The van der Waals surface area contributed by atoms with E-state index in [1.165, 1.54) is 12.1 Å². The van der Waals surface area contributed by atoms with Crippen LogP contribution in [0.15, 0.2) is 65.2 Å². The molecular weight excluding hydrogens is 426 g/mol. The first kappa shape index (κ1) is 20.7. The number of nitrogens with one attached hydrogen (secondary N) is 1. The van der Waals surface area contributed by atoms with Gasteiger partial charge in [-0.05, 0) is 36.4 Å². The summed E-state index contributed by atoms with van der Waals surface area (Å²) in [5.74, 6) is 0.933. The van der Waals surface area contributed by atoms with Gasteiger partial charge < -0.3 is 19.0 Å². The predicted molar refractivity (Wildman–Crippen MR) is 123 cm³/mol. The third-order valence-electron chi connectivity index (χ3n) is 5.45. The zero-order valence-electron chi connectivity index (χ0n) is 18.2. The molecule has 0 radical (unpaired) electrons. The number of aryl methyl sites for hydroxylation is 2. The number of fused-ring (bicyclic) bond motifs is 1. The molecule has 166 valence electrons. The monoisotopic (exact) mass is 446 g/mol. The van der Waals surface area contributed by atoms with Gasteiger partial charge in [0.25, 0.3) is 0 Å². The van der Waals surface area contributed by atoms with E-state index in [1.807, 2.05) is 36.4 Å². The number of methoxy groups -OCH3 is 1. The van der Waals surface area contributed by atoms with Crippen LogP contribution in [0.1, 0.15) is 5.89 Å². The third kappa shape index (κ3) is 3.69. The van der Waals surface area contributed by atoms with Crippen molar-refractivity contribution in [3.05, 3.63) is 78.3 Å². The number of rotatable bonds is 5. The fourth-order valence-corrected chi connectivity index (χ4v) is 3.84. The summed E-state index contributed by atoms with van der Waals surface area (Å²) in [5, 5.41) is 3.37. The van der Waals surface area contributed by atoms with Crippen molar-refractivity contribution in [3.63, 3.8) is 0 Å². The molecule has 0 aliphatic heterocycles. The number of oxazole rings is 1. The summed E-state index contributed by atoms with van der Waals surface area (Å²) in [5.41, 5.74) is 4.00. The van der Waals surface area contributed by atoms with E-state index in [0.29, 0.717) is 28.7 Å². The molecule has 33 heavy (non-hydrogen) atoms. The van der Waals surface area contributed by atoms with Crippen molar-refractivity contribution in [3.8, 4) is 28.5 Å². The first-order valence-electron chi connectivity index (χ1n) is 10.2. The molecule has 0 aliphatic carbocycles. The summed E-state index contributed by atoms with van der Waals surface area (Å²) >= 11 is 0. The van der Waals surface area contributed by atoms with E-state index >= 15 is 0 Å². The summed E-state index contributed by atoms with van der Waals surface area (Å²) in [4.78, 5) is 8.81. The van der Waals surface area contributed by atoms with E-state index in [4.69, 9.17) is 9.15 Å². The molecule has 5 aromatic rings. The molecular formula is C25H20F2N4O2. The van der Waals surface area contributed by atoms with Crippen LogP contribution >= 0.6 is 0 Å². The van der Waals surface area contributed by atoms with Crippen LogP contribution in [0.25, 0.3) is 33.7 Å². The molecule has 0 fully saturated rings. The van der Waals surface area contributed by atoms with Gasteiger partial charge in [0.05, 0.1) is 35.6 Å². The Morgan fingerprint density at radius 2 is 1.85 bits per heavy atom. The van der Waals surface area contributed by atoms with Crippen molar-refractivity contribution in [2.24, 2.45) is 7.05 Å². The fourth-order valence-electron chi connectivity index (χ4n) is 3.84. The molecule has 6 nitrogen and oxygen atoms in total. The van der Waals surface area contributed by atoms with Crippen LogP contribution in [0.5, 0.6) is 5.75 Å². The number of anilines is 2. The van der Waals surface area contributed by atoms with Gasteiger partial charge in [0.1, 0.15) is 28.7 Å². The van der Waals surface area contributed by atoms with Gasteiger partial charge in [-0.15, -0.1) is 0 Å². The lowest BCUT2D eigenvalue weighted by Gasteiger charge is -2.11. The lowest BCUT2D eigenvalue weighted by Crippen LogP contribution is -1.95. The SMILES string of the molecule is COc1cc(Nc2cccc3c2nc(-c2ccc(F)cc2F)n3C)ccc1-c1cnc(C)o1. The zero-order valence-corrected chi connectivity index (χ0v) is 18.2. The Hall–Kier alpha value is -4.20. The van der Waals surface area contributed by atoms with Crippen LogP contribution in [0.3, 0.4) is 0 Å². The topological polar surface area (TPSA) is 65.1 Å². The number of hydrogen-bond acceptors (Lipinski definition) is 5. The Morgan fingerprint density at radius 1 is 1.03 bits per heavy atom. The predicted octanol–water partition coefficient (Wildman–Crippen LogP) is 6.23. The quantitative estimate of drug-likeness (QED) is 0.347. The van der Waals surface area contributed by atoms with Crippen molar-refractivity contribution in [1.82, 2.24) is 14.5 Å². The Labute approximate surface area is 188 Å². The molecule has 0 saturated carbocycles. The number of hydrogen-bond donors (Lipinski definition) is 1. The normalized spacial score (nSPS) is 11.2. The highest BCUT2D eigenvalue weighted by Crippen LogP contribution is 2.35. The summed E-state index contributed by atoms with van der Waals surface area (Å²) in [6, 6.07) is 14.8. The third-order valence-corrected chi connectivity index (χ3v) is 5.45. The van der Waals surface area contributed by atoms with E-state index in [2.05, 4.69) is 15.3 Å². The van der Waals surface area contributed by atoms with Crippen LogP contribution in [0.2, 0.25) is 0 Å². The van der Waals surface area contributed by atoms with E-state index in [0.717, 1.165) is 28.5 Å². The number of ether oxygens (including phenoxy) is 1. The van der Waals surface area contributed by atoms with Gasteiger partial charge in [0, 0.05) is 31.8 Å². The highest BCUT2D eigenvalue weighted by molar-refractivity contribution is 5.93. The van der Waals surface area contributed by atoms with Gasteiger partial charge in [0.2, 0.25) is 0 Å². The molecule has 0 bridgehead atoms. The van der Waals surface area contributed by atoms with Crippen LogP contribution in [0.4, 0.5) is 20.2 Å². The number of aromatic nitrogens is 3. The minimum Gasteiger partial charge on any atom is -0.496 e. The van der Waals surface area contributed by atoms with Gasteiger partial charge in [-0.25, -0.2) is 18.7 Å². The Kier molecular flexibility index (Phi) is 5.05. The van der Waals surface area contributed by atoms with Crippen LogP contribution < -0.4 is 10.1 Å². The lowest BCUT2D eigenvalue weighted by atomic mass is 10.1. The van der Waals surface area contributed by atoms with Crippen LogP contribution in [-0.2, 0) is 7.05 Å². The van der Waals surface area contributed by atoms with Gasteiger partial charge in [0.15, 0.2) is 11.7 Å². The van der Waals surface area contributed by atoms with Crippen molar-refractivity contribution in [2.45, 2.75) is 6.92 Å². The molecule has 0 unspecified atom stereocenters. The van der Waals surface area contributed by atoms with Crippen LogP contribution in [0, 0.1) is 18.6 Å². The second-order valence-electron chi connectivity index (χ2n) is 7.58. The number of benzene rings is 3. The fraction of sp³-hybridized carbons (Fsp3) is 0.120. The molecule has 0 spiro atoms. The maximum Gasteiger partial charge on any atom is 0.191 e. The zero-order chi connectivity index (χ0) is 23.1. The molecule has 1 N–H and O–H groups in total. The average molecular weight is 446 g/mol. The van der Waals surface area contributed by atoms with E-state index in [9.17, 15) is 8.78 Å². The summed E-state index contributed by atoms with van der Waals surface area (Å²) in [6.07, 6.45) is 1.66. The Morgan fingerprint density at radius 3 is 2.58 bits per heavy atom. The molecule has 3 aromatic carbocycles. The minimum absolute atomic E-state index is 0.231. The van der Waals surface area contributed by atoms with Crippen molar-refractivity contribution in [1.29, 1.82) is 0 Å². The van der Waals surface area contributed by atoms with Crippen molar-refractivity contribution >= 4 is 22.4 Å². The van der Waals surface area contributed by atoms with E-state index < -0.39 is 11.6 Å². The number of imidazole rings is 1. The molecule has 5 rings (SSSR count). The van der Waals surface area contributed by atoms with E-state index in [1.54, 1.807) is 31.8 Å². The number of halogens is 2. The summed E-state index contributed by atoms with van der Waals surface area (Å²) < 4.78 is 40.8. The van der Waals surface area contributed by atoms with Gasteiger partial charge in [-0.1, -0.05) is 6.07 Å². The smallest absolute Gasteiger partial charge is 0.191 e. The van der Waals surface area contributed by atoms with Gasteiger partial charge in [-0.3, -0.25) is 0 Å². The lowest BCUT2D eigenvalue weighted by molar-refractivity contribution is 0.414. The summed E-state index contributed by atoms with van der Waals surface area (Å²) in [7, 11) is 3.39. The van der Waals surface area contributed by atoms with Gasteiger partial charge >= 0.3 is 0 Å². The van der Waals surface area contributed by atoms with Crippen molar-refractivity contribution < 1.29 is 17.9 Å². The maximum atomic E-state index is 14.4. The first-order valence-corrected chi connectivity index (χ1v) is 10.2. The van der Waals surface area contributed by atoms with Gasteiger partial charge in [-0.2, -0.15) is 0 Å². The molecule has 2 aromatic heterocycles. The largest absolute Gasteiger partial charge is 0.496 e. The molecule has 8 heteroatoms. The number of nitrogens with zero attached hydrogens (tertiary/aromatic N) is 3. The molecule has 0 amide bonds. The Bertz CT molecular complexity index is 1490. The number of para-hydroxylation sites is 1. The first-order chi connectivity index (χ1) is 15.9. The highest BCUT2D eigenvalue weighted by atomic mass is 19.1. The molecule has 0 aliphatic rings. The van der Waals surface area contributed by atoms with Crippen LogP contribution in [-0.4, -0.2) is 21.6 Å². The minimum atomic E-state index is -0.661. The molecule has 0 atom stereocenters. The highest BCUT2D eigenvalue weighted by Gasteiger charge is 2.17. The standard InChI is InChI=1S/C25H20F2N4O2/c1-14-28-13-23(33-14)18-10-8-16(12-22(18)32-3)29-20-5-4-6-21-24(20)30-25(31(21)2)17-9-7-15(26)11-19(17)27/h4-13,29H,1-3H3. The molecule has 2 heterocycles. The van der Waals surface area contributed by atoms with Crippen molar-refractivity contribution in [2.75, 3.05) is 12.4 Å². The summed E-state index contributed by atoms with van der Waals surface area (Å²) in [6.45, 7) is 1.78. The Balaban J connectivity index is 1.54. The maximum absolute atomic E-state index is 14.4. The second kappa shape index (κ2) is 8.05. The van der Waals surface area contributed by atoms with E-state index in [-0.39, 0.29) is 5.56 Å². The second-order valence-corrected chi connectivity index (χ2v) is 7.58.